The molecular weight excluding hydrogens is 496 g/mol. The molecule has 3 amide bonds. The van der Waals surface area contributed by atoms with Crippen LogP contribution in [0.4, 0.5) is 0 Å². The van der Waals surface area contributed by atoms with Gasteiger partial charge in [-0.15, -0.1) is 0 Å². The van der Waals surface area contributed by atoms with Crippen LogP contribution in [0.2, 0.25) is 18.1 Å². The summed E-state index contributed by atoms with van der Waals surface area (Å²) in [5, 5.41) is 2.96. The Hall–Kier alpha value is -2.19. The Kier molecular flexibility index (Phi) is 9.19. The summed E-state index contributed by atoms with van der Waals surface area (Å²) in [5.74, 6) is -1.24. The molecule has 0 radical (unpaired) electrons. The van der Waals surface area contributed by atoms with Crippen molar-refractivity contribution in [2.24, 2.45) is 11.8 Å². The minimum absolute atomic E-state index is 0.00151. The summed E-state index contributed by atoms with van der Waals surface area (Å²) in [4.78, 5) is 42.3. The van der Waals surface area contributed by atoms with Crippen molar-refractivity contribution < 1.29 is 23.5 Å². The van der Waals surface area contributed by atoms with Gasteiger partial charge in [0.2, 0.25) is 11.8 Å². The van der Waals surface area contributed by atoms with Crippen molar-refractivity contribution in [2.75, 3.05) is 0 Å². The van der Waals surface area contributed by atoms with E-state index in [-0.39, 0.29) is 28.9 Å². The first-order valence-corrected chi connectivity index (χ1v) is 17.3. The maximum absolute atomic E-state index is 14.3. The number of nitrogens with one attached hydrogen (secondary N) is 1. The van der Waals surface area contributed by atoms with Crippen LogP contribution < -0.4 is 10.1 Å². The lowest BCUT2D eigenvalue weighted by Crippen LogP contribution is -2.69. The average Bonchev–Trinajstić information content (AvgIpc) is 2.83. The van der Waals surface area contributed by atoms with Crippen molar-refractivity contribution in [3.63, 3.8) is 0 Å². The van der Waals surface area contributed by atoms with Gasteiger partial charge in [0.15, 0.2) is 14.0 Å². The molecule has 0 bridgehead atoms. The zero-order valence-electron chi connectivity index (χ0n) is 24.8. The summed E-state index contributed by atoms with van der Waals surface area (Å²) in [6, 6.07) is 6.77. The second-order valence-corrected chi connectivity index (χ2v) is 17.4. The molecule has 7 nitrogen and oxygen atoms in total. The first-order valence-electron chi connectivity index (χ1n) is 14.4. The van der Waals surface area contributed by atoms with Crippen LogP contribution in [0, 0.1) is 11.8 Å². The van der Waals surface area contributed by atoms with Gasteiger partial charge in [-0.3, -0.25) is 14.4 Å². The molecular formula is C30H48N2O5Si. The zero-order valence-corrected chi connectivity index (χ0v) is 25.8. The first kappa shape index (κ1) is 30.3. The lowest BCUT2D eigenvalue weighted by atomic mass is 9.78. The molecule has 2 unspecified atom stereocenters. The summed E-state index contributed by atoms with van der Waals surface area (Å²) in [6.45, 7) is 18.8. The molecule has 2 heterocycles. The third-order valence-electron chi connectivity index (χ3n) is 8.81. The van der Waals surface area contributed by atoms with Crippen LogP contribution in [-0.2, 0) is 14.0 Å². The van der Waals surface area contributed by atoms with Gasteiger partial charge in [-0.1, -0.05) is 66.5 Å². The number of carbonyl (C=O) groups is 3. The fraction of sp³-hybridized carbons (Fsp3) is 0.700. The second kappa shape index (κ2) is 11.5. The molecule has 1 fully saturated rings. The van der Waals surface area contributed by atoms with Gasteiger partial charge in [0.1, 0.15) is 5.75 Å². The lowest BCUT2D eigenvalue weighted by molar-refractivity contribution is -0.160. The molecule has 38 heavy (non-hydrogen) atoms. The summed E-state index contributed by atoms with van der Waals surface area (Å²) in [5.41, 5.74) is -0.629. The largest absolute Gasteiger partial charge is 0.467 e. The SMILES string of the molecule is CCCCC1(CCCC)Oc2ccccc2C(=O)N1C(=O)[C@H](C)C1NC(=O)C1[C@@H](C)O[Si](C)(C)C(C)(C)C. The summed E-state index contributed by atoms with van der Waals surface area (Å²) in [6.07, 6.45) is 4.33. The topological polar surface area (TPSA) is 84.9 Å². The van der Waals surface area contributed by atoms with Gasteiger partial charge >= 0.3 is 0 Å². The third-order valence-corrected chi connectivity index (χ3v) is 13.4. The minimum Gasteiger partial charge on any atom is -0.467 e. The van der Waals surface area contributed by atoms with E-state index in [9.17, 15) is 14.4 Å². The van der Waals surface area contributed by atoms with Crippen molar-refractivity contribution in [3.8, 4) is 5.75 Å². The van der Waals surface area contributed by atoms with Crippen LogP contribution in [0.5, 0.6) is 5.75 Å². The highest BCUT2D eigenvalue weighted by molar-refractivity contribution is 6.74. The number of rotatable bonds is 11. The predicted octanol–water partition coefficient (Wildman–Crippen LogP) is 6.29. The number of nitrogens with zero attached hydrogens (tertiary/aromatic N) is 1. The van der Waals surface area contributed by atoms with E-state index in [1.165, 1.54) is 4.90 Å². The standard InChI is InChI=1S/C30H48N2O5Si/c1-10-12-18-30(19-13-11-2)32(28(35)22-16-14-15-17-23(22)36-30)27(34)20(3)25-24(26(33)31-25)21(4)37-38(8,9)29(5,6)7/h14-17,20-21,24-25H,10-13,18-19H2,1-9H3,(H,31,33)/t20-,21-,24?,25?/m1/s1. The number of ether oxygens (including phenoxy) is 1. The number of amides is 3. The molecule has 0 aromatic heterocycles. The molecule has 8 heteroatoms. The highest BCUT2D eigenvalue weighted by Crippen LogP contribution is 2.43. The number of fused-ring (bicyclic) bond motifs is 1. The van der Waals surface area contributed by atoms with E-state index in [2.05, 4.69) is 53.0 Å². The van der Waals surface area contributed by atoms with E-state index in [0.717, 1.165) is 25.7 Å². The molecule has 0 saturated carbocycles. The van der Waals surface area contributed by atoms with Gasteiger partial charge in [0, 0.05) is 12.8 Å². The van der Waals surface area contributed by atoms with E-state index >= 15 is 0 Å². The predicted molar refractivity (Wildman–Crippen MR) is 152 cm³/mol. The molecule has 1 aromatic carbocycles. The molecule has 0 spiro atoms. The van der Waals surface area contributed by atoms with Crippen molar-refractivity contribution in [3.05, 3.63) is 29.8 Å². The number of hydrogen-bond acceptors (Lipinski definition) is 5. The Labute approximate surface area is 230 Å². The molecule has 1 saturated heterocycles. The molecule has 212 valence electrons. The van der Waals surface area contributed by atoms with Crippen molar-refractivity contribution in [2.45, 2.75) is 123 Å². The Morgan fingerprint density at radius 3 is 2.21 bits per heavy atom. The summed E-state index contributed by atoms with van der Waals surface area (Å²) >= 11 is 0. The molecule has 2 aliphatic heterocycles. The van der Waals surface area contributed by atoms with Gasteiger partial charge in [-0.05, 0) is 50.0 Å². The molecule has 1 N–H and O–H groups in total. The van der Waals surface area contributed by atoms with E-state index in [1.54, 1.807) is 12.1 Å². The Balaban J connectivity index is 1.94. The normalized spacial score (nSPS) is 22.6. The maximum Gasteiger partial charge on any atom is 0.267 e. The number of imide groups is 1. The van der Waals surface area contributed by atoms with Crippen molar-refractivity contribution in [1.29, 1.82) is 0 Å². The van der Waals surface area contributed by atoms with Crippen LogP contribution in [0.25, 0.3) is 0 Å². The van der Waals surface area contributed by atoms with E-state index in [4.69, 9.17) is 9.16 Å². The lowest BCUT2D eigenvalue weighted by Gasteiger charge is -2.50. The number of unbranched alkanes of at least 4 members (excludes halogenated alkanes) is 2. The number of β-lactam (4-membered cyclic amide) rings is 1. The van der Waals surface area contributed by atoms with Crippen LogP contribution in [0.1, 0.15) is 97.3 Å². The Bertz CT molecular complexity index is 1030. The van der Waals surface area contributed by atoms with Crippen LogP contribution in [0.3, 0.4) is 0 Å². The minimum atomic E-state index is -2.12. The van der Waals surface area contributed by atoms with E-state index < -0.39 is 31.9 Å². The Morgan fingerprint density at radius 2 is 1.68 bits per heavy atom. The Morgan fingerprint density at radius 1 is 1.11 bits per heavy atom. The highest BCUT2D eigenvalue weighted by atomic mass is 28.4. The fourth-order valence-electron chi connectivity index (χ4n) is 5.38. The van der Waals surface area contributed by atoms with Gasteiger partial charge in [-0.25, -0.2) is 4.90 Å². The van der Waals surface area contributed by atoms with Crippen LogP contribution >= 0.6 is 0 Å². The van der Waals surface area contributed by atoms with Gasteiger partial charge in [0.05, 0.1) is 29.5 Å². The third kappa shape index (κ3) is 5.71. The van der Waals surface area contributed by atoms with Crippen molar-refractivity contribution in [1.82, 2.24) is 10.2 Å². The number of para-hydroxylation sites is 1. The fourth-order valence-corrected chi connectivity index (χ4v) is 6.81. The highest BCUT2D eigenvalue weighted by Gasteiger charge is 2.55. The first-order chi connectivity index (χ1) is 17.7. The average molecular weight is 545 g/mol. The molecule has 1 aromatic rings. The number of hydrogen-bond donors (Lipinski definition) is 1. The summed E-state index contributed by atoms with van der Waals surface area (Å²) in [7, 11) is -2.12. The monoisotopic (exact) mass is 544 g/mol. The molecule has 2 aliphatic rings. The van der Waals surface area contributed by atoms with Crippen molar-refractivity contribution >= 4 is 26.0 Å². The molecule has 4 atom stereocenters. The zero-order chi connectivity index (χ0) is 28.5. The summed E-state index contributed by atoms with van der Waals surface area (Å²) < 4.78 is 13.1. The van der Waals surface area contributed by atoms with Gasteiger partial charge < -0.3 is 14.5 Å². The van der Waals surface area contributed by atoms with Crippen LogP contribution in [0.15, 0.2) is 24.3 Å². The van der Waals surface area contributed by atoms with Gasteiger partial charge in [-0.2, -0.15) is 0 Å². The molecule has 0 aliphatic carbocycles. The second-order valence-electron chi connectivity index (χ2n) is 12.7. The number of benzene rings is 1. The van der Waals surface area contributed by atoms with Gasteiger partial charge in [0.25, 0.3) is 5.91 Å². The smallest absolute Gasteiger partial charge is 0.267 e. The number of carbonyl (C=O) groups excluding carboxylic acids is 3. The quantitative estimate of drug-likeness (QED) is 0.262. The van der Waals surface area contributed by atoms with E-state index in [0.29, 0.717) is 24.2 Å². The maximum atomic E-state index is 14.3. The molecule has 3 rings (SSSR count). The van der Waals surface area contributed by atoms with E-state index in [1.807, 2.05) is 26.0 Å². The van der Waals surface area contributed by atoms with Crippen LogP contribution in [-0.4, -0.2) is 48.8 Å².